The molecule has 2 rings (SSSR count). The van der Waals surface area contributed by atoms with Crippen LogP contribution in [0, 0.1) is 5.82 Å². The summed E-state index contributed by atoms with van der Waals surface area (Å²) >= 11 is 0. The van der Waals surface area contributed by atoms with E-state index in [-0.39, 0.29) is 11.7 Å². The lowest BCUT2D eigenvalue weighted by Crippen LogP contribution is -2.18. The van der Waals surface area contributed by atoms with Gasteiger partial charge >= 0.3 is 5.97 Å². The molecule has 0 radical (unpaired) electrons. The largest absolute Gasteiger partial charge is 0.466 e. The van der Waals surface area contributed by atoms with E-state index in [0.717, 1.165) is 5.56 Å². The van der Waals surface area contributed by atoms with Crippen LogP contribution >= 0.6 is 0 Å². The Kier molecular flexibility index (Phi) is 6.56. The minimum Gasteiger partial charge on any atom is -0.466 e. The van der Waals surface area contributed by atoms with Gasteiger partial charge in [0.15, 0.2) is 11.6 Å². The molecular formula is C18H20FNO3. The van der Waals surface area contributed by atoms with Gasteiger partial charge in [-0.05, 0) is 36.8 Å². The highest BCUT2D eigenvalue weighted by Gasteiger charge is 2.04. The van der Waals surface area contributed by atoms with Crippen LogP contribution in [0.3, 0.4) is 0 Å². The number of carbonyl (C=O) groups is 1. The summed E-state index contributed by atoms with van der Waals surface area (Å²) in [6.07, 6.45) is 0.350. The molecule has 0 fully saturated rings. The van der Waals surface area contributed by atoms with Crippen molar-refractivity contribution >= 4 is 5.97 Å². The molecule has 0 spiro atoms. The fraction of sp³-hybridized carbons (Fsp3) is 0.278. The molecule has 0 aliphatic rings. The molecule has 0 saturated heterocycles. The molecule has 2 aromatic carbocycles. The molecule has 0 aliphatic carbocycles. The molecule has 1 N–H and O–H groups in total. The third-order valence-corrected chi connectivity index (χ3v) is 3.13. The van der Waals surface area contributed by atoms with E-state index in [1.807, 2.05) is 12.1 Å². The van der Waals surface area contributed by atoms with Crippen molar-refractivity contribution < 1.29 is 18.7 Å². The molecule has 0 heterocycles. The minimum absolute atomic E-state index is 0.200. The molecule has 122 valence electrons. The zero-order chi connectivity index (χ0) is 16.5. The third-order valence-electron chi connectivity index (χ3n) is 3.13. The predicted molar refractivity (Wildman–Crippen MR) is 85.9 cm³/mol. The monoisotopic (exact) mass is 317 g/mol. The van der Waals surface area contributed by atoms with Gasteiger partial charge in [0.25, 0.3) is 0 Å². The van der Waals surface area contributed by atoms with Crippen molar-refractivity contribution in [2.24, 2.45) is 0 Å². The standard InChI is InChI=1S/C18H20FNO3/c1-2-22-18(21)11-12-20-13-14-7-9-15(10-8-14)23-17-6-4-3-5-16(17)19/h3-10,20H,2,11-13H2,1H3. The Labute approximate surface area is 135 Å². The highest BCUT2D eigenvalue weighted by atomic mass is 19.1. The average Bonchev–Trinajstić information content (AvgIpc) is 2.55. The number of rotatable bonds is 8. The van der Waals surface area contributed by atoms with Crippen molar-refractivity contribution in [2.45, 2.75) is 19.9 Å². The molecule has 2 aromatic rings. The molecular weight excluding hydrogens is 297 g/mol. The summed E-state index contributed by atoms with van der Waals surface area (Å²) in [5, 5.41) is 3.17. The summed E-state index contributed by atoms with van der Waals surface area (Å²) in [4.78, 5) is 11.2. The third kappa shape index (κ3) is 5.71. The second-order valence-electron chi connectivity index (χ2n) is 4.91. The first-order chi connectivity index (χ1) is 11.2. The Morgan fingerprint density at radius 3 is 2.57 bits per heavy atom. The number of halogens is 1. The summed E-state index contributed by atoms with van der Waals surface area (Å²) in [6, 6.07) is 13.6. The van der Waals surface area contributed by atoms with E-state index in [1.54, 1.807) is 37.3 Å². The van der Waals surface area contributed by atoms with E-state index in [0.29, 0.717) is 31.9 Å². The average molecular weight is 317 g/mol. The van der Waals surface area contributed by atoms with Crippen LogP contribution in [-0.2, 0) is 16.1 Å². The van der Waals surface area contributed by atoms with Crippen molar-refractivity contribution in [3.63, 3.8) is 0 Å². The number of para-hydroxylation sites is 1. The quantitative estimate of drug-likeness (QED) is 0.596. The number of hydrogen-bond acceptors (Lipinski definition) is 4. The van der Waals surface area contributed by atoms with Crippen molar-refractivity contribution in [3.05, 3.63) is 59.9 Å². The van der Waals surface area contributed by atoms with Crippen molar-refractivity contribution in [1.82, 2.24) is 5.32 Å². The lowest BCUT2D eigenvalue weighted by Gasteiger charge is -2.08. The van der Waals surface area contributed by atoms with E-state index < -0.39 is 5.82 Å². The van der Waals surface area contributed by atoms with E-state index in [1.165, 1.54) is 6.07 Å². The Balaban J connectivity index is 1.78. The Morgan fingerprint density at radius 1 is 1.13 bits per heavy atom. The molecule has 0 saturated carbocycles. The van der Waals surface area contributed by atoms with E-state index in [9.17, 15) is 9.18 Å². The lowest BCUT2D eigenvalue weighted by molar-refractivity contribution is -0.142. The van der Waals surface area contributed by atoms with Gasteiger partial charge in [-0.15, -0.1) is 0 Å². The highest BCUT2D eigenvalue weighted by molar-refractivity contribution is 5.69. The summed E-state index contributed by atoms with van der Waals surface area (Å²) in [6.45, 7) is 3.39. The Bertz CT molecular complexity index is 628. The maximum atomic E-state index is 13.5. The first-order valence-corrected chi connectivity index (χ1v) is 7.56. The van der Waals surface area contributed by atoms with Crippen LogP contribution in [0.15, 0.2) is 48.5 Å². The topological polar surface area (TPSA) is 47.6 Å². The normalized spacial score (nSPS) is 10.3. The minimum atomic E-state index is -0.391. The molecule has 0 unspecified atom stereocenters. The summed E-state index contributed by atoms with van der Waals surface area (Å²) < 4.78 is 23.8. The summed E-state index contributed by atoms with van der Waals surface area (Å²) in [5.74, 6) is 0.184. The summed E-state index contributed by atoms with van der Waals surface area (Å²) in [7, 11) is 0. The fourth-order valence-corrected chi connectivity index (χ4v) is 1.99. The van der Waals surface area contributed by atoms with Crippen molar-refractivity contribution in [3.8, 4) is 11.5 Å². The Hall–Kier alpha value is -2.40. The van der Waals surface area contributed by atoms with Gasteiger partial charge in [0.05, 0.1) is 13.0 Å². The van der Waals surface area contributed by atoms with Gasteiger partial charge in [-0.2, -0.15) is 0 Å². The van der Waals surface area contributed by atoms with Gasteiger partial charge in [-0.25, -0.2) is 4.39 Å². The van der Waals surface area contributed by atoms with Crippen LogP contribution in [0.4, 0.5) is 4.39 Å². The Morgan fingerprint density at radius 2 is 1.87 bits per heavy atom. The van der Waals surface area contributed by atoms with Gasteiger partial charge in [-0.1, -0.05) is 24.3 Å². The molecule has 23 heavy (non-hydrogen) atoms. The van der Waals surface area contributed by atoms with Gasteiger partial charge in [0, 0.05) is 13.1 Å². The van der Waals surface area contributed by atoms with Gasteiger partial charge in [0.2, 0.25) is 0 Å². The molecule has 0 amide bonds. The first kappa shape index (κ1) is 17.0. The molecule has 5 heteroatoms. The van der Waals surface area contributed by atoms with Crippen molar-refractivity contribution in [1.29, 1.82) is 0 Å². The number of esters is 1. The molecule has 4 nitrogen and oxygen atoms in total. The number of carbonyl (C=O) groups excluding carboxylic acids is 1. The van der Waals surface area contributed by atoms with Crippen LogP contribution in [0.2, 0.25) is 0 Å². The van der Waals surface area contributed by atoms with Crippen LogP contribution in [0.25, 0.3) is 0 Å². The van der Waals surface area contributed by atoms with Gasteiger partial charge in [0.1, 0.15) is 5.75 Å². The van der Waals surface area contributed by atoms with E-state index >= 15 is 0 Å². The second kappa shape index (κ2) is 8.90. The molecule has 0 aliphatic heterocycles. The second-order valence-corrected chi connectivity index (χ2v) is 4.91. The van der Waals surface area contributed by atoms with Crippen LogP contribution in [0.1, 0.15) is 18.9 Å². The molecule has 0 atom stereocenters. The van der Waals surface area contributed by atoms with E-state index in [4.69, 9.17) is 9.47 Å². The highest BCUT2D eigenvalue weighted by Crippen LogP contribution is 2.24. The number of hydrogen-bond donors (Lipinski definition) is 1. The summed E-state index contributed by atoms with van der Waals surface area (Å²) in [5.41, 5.74) is 1.05. The smallest absolute Gasteiger partial charge is 0.307 e. The molecule has 0 aromatic heterocycles. The lowest BCUT2D eigenvalue weighted by atomic mass is 10.2. The zero-order valence-electron chi connectivity index (χ0n) is 13.0. The predicted octanol–water partition coefficient (Wildman–Crippen LogP) is 3.66. The van der Waals surface area contributed by atoms with Gasteiger partial charge < -0.3 is 14.8 Å². The first-order valence-electron chi connectivity index (χ1n) is 7.56. The molecule has 0 bridgehead atoms. The van der Waals surface area contributed by atoms with Crippen LogP contribution in [0.5, 0.6) is 11.5 Å². The maximum absolute atomic E-state index is 13.5. The zero-order valence-corrected chi connectivity index (χ0v) is 13.0. The SMILES string of the molecule is CCOC(=O)CCNCc1ccc(Oc2ccccc2F)cc1. The fourth-order valence-electron chi connectivity index (χ4n) is 1.99. The maximum Gasteiger partial charge on any atom is 0.307 e. The van der Waals surface area contributed by atoms with Crippen molar-refractivity contribution in [2.75, 3.05) is 13.2 Å². The van der Waals surface area contributed by atoms with E-state index in [2.05, 4.69) is 5.32 Å². The number of benzene rings is 2. The number of ether oxygens (including phenoxy) is 2. The number of nitrogens with one attached hydrogen (secondary N) is 1. The van der Waals surface area contributed by atoms with Gasteiger partial charge in [-0.3, -0.25) is 4.79 Å². The van der Waals surface area contributed by atoms with Crippen LogP contribution < -0.4 is 10.1 Å². The van der Waals surface area contributed by atoms with Crippen LogP contribution in [-0.4, -0.2) is 19.1 Å².